The molecule has 110 valence electrons. The molecular formula is C15H21BrN2O2. The quantitative estimate of drug-likeness (QED) is 0.839. The van der Waals surface area contributed by atoms with E-state index in [-0.39, 0.29) is 0 Å². The summed E-state index contributed by atoms with van der Waals surface area (Å²) in [6.07, 6.45) is 0.357. The summed E-state index contributed by atoms with van der Waals surface area (Å²) in [5, 5.41) is 0. The van der Waals surface area contributed by atoms with Crippen LogP contribution in [0, 0.1) is 0 Å². The number of likely N-dealkylation sites (N-methyl/N-ethyl adjacent to an activating group) is 1. The Balaban J connectivity index is 1.70. The van der Waals surface area contributed by atoms with Gasteiger partial charge in [-0.15, -0.1) is 0 Å². The fourth-order valence-electron chi connectivity index (χ4n) is 3.15. The lowest BCUT2D eigenvalue weighted by molar-refractivity contribution is -0.0370. The van der Waals surface area contributed by atoms with E-state index in [2.05, 4.69) is 44.9 Å². The minimum absolute atomic E-state index is 0.357. The average Bonchev–Trinajstić information content (AvgIpc) is 2.85. The second-order valence-corrected chi connectivity index (χ2v) is 6.52. The van der Waals surface area contributed by atoms with E-state index in [4.69, 9.17) is 9.47 Å². The van der Waals surface area contributed by atoms with E-state index < -0.39 is 0 Å². The average molecular weight is 341 g/mol. The van der Waals surface area contributed by atoms with E-state index in [9.17, 15) is 0 Å². The molecule has 0 spiro atoms. The van der Waals surface area contributed by atoms with Crippen molar-refractivity contribution in [1.29, 1.82) is 0 Å². The zero-order valence-corrected chi connectivity index (χ0v) is 13.6. The first-order valence-corrected chi connectivity index (χ1v) is 7.83. The van der Waals surface area contributed by atoms with Crippen molar-refractivity contribution in [2.75, 3.05) is 40.4 Å². The summed E-state index contributed by atoms with van der Waals surface area (Å²) in [4.78, 5) is 4.88. The summed E-state index contributed by atoms with van der Waals surface area (Å²) >= 11 is 3.49. The Hall–Kier alpha value is -0.620. The number of morpholine rings is 1. The van der Waals surface area contributed by atoms with Crippen LogP contribution in [0.3, 0.4) is 0 Å². The summed E-state index contributed by atoms with van der Waals surface area (Å²) in [6.45, 7) is 4.89. The van der Waals surface area contributed by atoms with Crippen molar-refractivity contribution in [3.63, 3.8) is 0 Å². The SMILES string of the molecule is COc1cc(Br)ccc1CN1C[C@H]2OCCN(C)[C@H]2C1. The number of benzene rings is 1. The lowest BCUT2D eigenvalue weighted by Crippen LogP contribution is -2.48. The minimum Gasteiger partial charge on any atom is -0.496 e. The maximum atomic E-state index is 5.89. The van der Waals surface area contributed by atoms with Gasteiger partial charge < -0.3 is 9.47 Å². The molecule has 3 rings (SSSR count). The molecule has 4 nitrogen and oxygen atoms in total. The lowest BCUT2D eigenvalue weighted by atomic mass is 10.1. The van der Waals surface area contributed by atoms with Crippen LogP contribution in [0.4, 0.5) is 0 Å². The van der Waals surface area contributed by atoms with Gasteiger partial charge in [-0.25, -0.2) is 0 Å². The van der Waals surface area contributed by atoms with E-state index in [1.807, 2.05) is 6.07 Å². The molecular weight excluding hydrogens is 320 g/mol. The highest BCUT2D eigenvalue weighted by Gasteiger charge is 2.38. The number of hydrogen-bond acceptors (Lipinski definition) is 4. The number of nitrogens with zero attached hydrogens (tertiary/aromatic N) is 2. The van der Waals surface area contributed by atoms with Gasteiger partial charge in [-0.3, -0.25) is 9.80 Å². The highest BCUT2D eigenvalue weighted by Crippen LogP contribution is 2.28. The first-order chi connectivity index (χ1) is 9.67. The highest BCUT2D eigenvalue weighted by molar-refractivity contribution is 9.10. The van der Waals surface area contributed by atoms with Crippen molar-refractivity contribution in [2.45, 2.75) is 18.7 Å². The Kier molecular flexibility index (Phi) is 4.31. The smallest absolute Gasteiger partial charge is 0.124 e. The van der Waals surface area contributed by atoms with Gasteiger partial charge in [0.1, 0.15) is 5.75 Å². The van der Waals surface area contributed by atoms with E-state index in [0.717, 1.165) is 43.0 Å². The van der Waals surface area contributed by atoms with Crippen LogP contribution < -0.4 is 4.74 Å². The van der Waals surface area contributed by atoms with E-state index >= 15 is 0 Å². The van der Waals surface area contributed by atoms with Gasteiger partial charge >= 0.3 is 0 Å². The molecule has 0 unspecified atom stereocenters. The molecule has 2 aliphatic heterocycles. The molecule has 1 aromatic rings. The topological polar surface area (TPSA) is 24.9 Å². The Bertz CT molecular complexity index is 483. The number of hydrogen-bond donors (Lipinski definition) is 0. The van der Waals surface area contributed by atoms with Gasteiger partial charge in [0.05, 0.1) is 19.8 Å². The number of halogens is 1. The number of ether oxygens (including phenoxy) is 2. The third-order valence-electron chi connectivity index (χ3n) is 4.30. The second-order valence-electron chi connectivity index (χ2n) is 5.61. The van der Waals surface area contributed by atoms with Crippen LogP contribution in [0.25, 0.3) is 0 Å². The summed E-state index contributed by atoms with van der Waals surface area (Å²) in [5.74, 6) is 0.948. The Morgan fingerprint density at radius 2 is 2.25 bits per heavy atom. The summed E-state index contributed by atoms with van der Waals surface area (Å²) in [7, 11) is 3.93. The van der Waals surface area contributed by atoms with E-state index in [1.165, 1.54) is 5.56 Å². The number of rotatable bonds is 3. The lowest BCUT2D eigenvalue weighted by Gasteiger charge is -2.33. The Labute approximate surface area is 128 Å². The molecule has 0 radical (unpaired) electrons. The van der Waals surface area contributed by atoms with Gasteiger partial charge in [0.15, 0.2) is 0 Å². The second kappa shape index (κ2) is 6.02. The van der Waals surface area contributed by atoms with Gasteiger partial charge in [-0.1, -0.05) is 22.0 Å². The van der Waals surface area contributed by atoms with Crippen LogP contribution in [0.15, 0.2) is 22.7 Å². The number of methoxy groups -OCH3 is 1. The zero-order valence-electron chi connectivity index (χ0n) is 12.0. The minimum atomic E-state index is 0.357. The maximum Gasteiger partial charge on any atom is 0.124 e. The van der Waals surface area contributed by atoms with Crippen LogP contribution in [-0.2, 0) is 11.3 Å². The molecule has 2 aliphatic rings. The molecule has 2 atom stereocenters. The molecule has 2 heterocycles. The van der Waals surface area contributed by atoms with E-state index in [1.54, 1.807) is 7.11 Å². The number of fused-ring (bicyclic) bond motifs is 1. The van der Waals surface area contributed by atoms with Crippen LogP contribution in [0.5, 0.6) is 5.75 Å². The fourth-order valence-corrected chi connectivity index (χ4v) is 3.49. The van der Waals surface area contributed by atoms with Crippen LogP contribution in [-0.4, -0.2) is 62.3 Å². The van der Waals surface area contributed by atoms with Gasteiger partial charge in [-0.05, 0) is 19.2 Å². The molecule has 2 fully saturated rings. The normalized spacial score (nSPS) is 27.6. The molecule has 2 saturated heterocycles. The zero-order chi connectivity index (χ0) is 14.1. The van der Waals surface area contributed by atoms with E-state index in [0.29, 0.717) is 12.1 Å². The Morgan fingerprint density at radius 1 is 1.40 bits per heavy atom. The highest BCUT2D eigenvalue weighted by atomic mass is 79.9. The third-order valence-corrected chi connectivity index (χ3v) is 4.79. The largest absolute Gasteiger partial charge is 0.496 e. The summed E-state index contributed by atoms with van der Waals surface area (Å²) < 4.78 is 12.4. The monoisotopic (exact) mass is 340 g/mol. The third kappa shape index (κ3) is 2.86. The molecule has 0 aromatic heterocycles. The fraction of sp³-hybridized carbons (Fsp3) is 0.600. The maximum absolute atomic E-state index is 5.89. The van der Waals surface area contributed by atoms with Crippen molar-refractivity contribution >= 4 is 15.9 Å². The first-order valence-electron chi connectivity index (χ1n) is 7.04. The van der Waals surface area contributed by atoms with Gasteiger partial charge in [0.2, 0.25) is 0 Å². The standard InChI is InChI=1S/C15H21BrN2O2/c1-17-5-6-20-15-10-18(9-13(15)17)8-11-3-4-12(16)7-14(11)19-2/h3-4,7,13,15H,5-6,8-10H2,1-2H3/t13-,15+/m0/s1. The molecule has 0 N–H and O–H groups in total. The summed E-state index contributed by atoms with van der Waals surface area (Å²) in [5.41, 5.74) is 1.23. The number of likely N-dealkylation sites (tertiary alicyclic amines) is 1. The van der Waals surface area contributed by atoms with Gasteiger partial charge in [0, 0.05) is 42.3 Å². The molecule has 1 aromatic carbocycles. The first kappa shape index (κ1) is 14.3. The molecule has 20 heavy (non-hydrogen) atoms. The van der Waals surface area contributed by atoms with Gasteiger partial charge in [0.25, 0.3) is 0 Å². The molecule has 5 heteroatoms. The van der Waals surface area contributed by atoms with Crippen molar-refractivity contribution in [1.82, 2.24) is 9.80 Å². The predicted molar refractivity (Wildman–Crippen MR) is 82.1 cm³/mol. The van der Waals surface area contributed by atoms with Crippen molar-refractivity contribution in [3.05, 3.63) is 28.2 Å². The van der Waals surface area contributed by atoms with Crippen LogP contribution >= 0.6 is 15.9 Å². The van der Waals surface area contributed by atoms with Crippen molar-refractivity contribution < 1.29 is 9.47 Å². The predicted octanol–water partition coefficient (Wildman–Crippen LogP) is 1.97. The molecule has 0 bridgehead atoms. The Morgan fingerprint density at radius 3 is 3.00 bits per heavy atom. The molecule has 0 amide bonds. The molecule has 0 saturated carbocycles. The van der Waals surface area contributed by atoms with Crippen molar-refractivity contribution in [2.24, 2.45) is 0 Å². The van der Waals surface area contributed by atoms with Crippen LogP contribution in [0.2, 0.25) is 0 Å². The molecule has 0 aliphatic carbocycles. The van der Waals surface area contributed by atoms with Gasteiger partial charge in [-0.2, -0.15) is 0 Å². The van der Waals surface area contributed by atoms with Crippen LogP contribution in [0.1, 0.15) is 5.56 Å². The summed E-state index contributed by atoms with van der Waals surface area (Å²) in [6, 6.07) is 6.77. The van der Waals surface area contributed by atoms with Crippen molar-refractivity contribution in [3.8, 4) is 5.75 Å².